The third kappa shape index (κ3) is 5.57. The van der Waals surface area contributed by atoms with E-state index in [0.29, 0.717) is 24.9 Å². The molecule has 0 bridgehead atoms. The van der Waals surface area contributed by atoms with E-state index in [1.165, 1.54) is 12.1 Å². The van der Waals surface area contributed by atoms with Crippen molar-refractivity contribution in [2.24, 2.45) is 11.8 Å². The molecular weight excluding hydrogens is 517 g/mol. The number of pyridine rings is 1. The summed E-state index contributed by atoms with van der Waals surface area (Å²) in [6, 6.07) is 24.1. The van der Waals surface area contributed by atoms with Crippen LogP contribution in [0.3, 0.4) is 0 Å². The first-order valence-corrected chi connectivity index (χ1v) is 14.1. The van der Waals surface area contributed by atoms with Crippen LogP contribution in [0.4, 0.5) is 4.39 Å². The number of rotatable bonds is 7. The van der Waals surface area contributed by atoms with Crippen molar-refractivity contribution in [2.45, 2.75) is 45.2 Å². The Bertz CT molecular complexity index is 1740. The van der Waals surface area contributed by atoms with Crippen LogP contribution in [-0.2, 0) is 11.3 Å². The molecule has 6 nitrogen and oxygen atoms in total. The number of halogens is 1. The van der Waals surface area contributed by atoms with Crippen molar-refractivity contribution in [3.05, 3.63) is 102 Å². The van der Waals surface area contributed by atoms with Crippen LogP contribution >= 0.6 is 0 Å². The van der Waals surface area contributed by atoms with Gasteiger partial charge in [0.2, 0.25) is 0 Å². The zero-order valence-electron chi connectivity index (χ0n) is 22.9. The molecule has 208 valence electrons. The first-order chi connectivity index (χ1) is 19.9. The molecule has 2 aromatic heterocycles. The fourth-order valence-electron chi connectivity index (χ4n) is 6.10. The second kappa shape index (κ2) is 11.2. The Morgan fingerprint density at radius 2 is 1.71 bits per heavy atom. The number of carboxylic acids is 1. The van der Waals surface area contributed by atoms with Crippen molar-refractivity contribution in [1.29, 1.82) is 0 Å². The average molecular weight is 550 g/mol. The molecule has 2 N–H and O–H groups in total. The van der Waals surface area contributed by atoms with Crippen molar-refractivity contribution in [3.63, 3.8) is 0 Å². The maximum Gasteiger partial charge on any atom is 0.306 e. The highest BCUT2D eigenvalue weighted by molar-refractivity contribution is 6.08. The van der Waals surface area contributed by atoms with Gasteiger partial charge in [0.15, 0.2) is 0 Å². The monoisotopic (exact) mass is 549 g/mol. The van der Waals surface area contributed by atoms with E-state index in [1.807, 2.05) is 61.7 Å². The summed E-state index contributed by atoms with van der Waals surface area (Å²) in [4.78, 5) is 30.1. The molecule has 6 rings (SSSR count). The zero-order chi connectivity index (χ0) is 28.5. The molecule has 1 aliphatic carbocycles. The molecule has 0 spiro atoms. The summed E-state index contributed by atoms with van der Waals surface area (Å²) in [5.74, 6) is -1.31. The summed E-state index contributed by atoms with van der Waals surface area (Å²) in [5, 5.41) is 14.6. The molecule has 1 aliphatic rings. The van der Waals surface area contributed by atoms with Gasteiger partial charge in [-0.25, -0.2) is 4.39 Å². The minimum atomic E-state index is -0.734. The first-order valence-electron chi connectivity index (χ1n) is 14.1. The fraction of sp³-hybridized carbons (Fsp3) is 0.265. The second-order valence-electron chi connectivity index (χ2n) is 11.1. The van der Waals surface area contributed by atoms with Gasteiger partial charge >= 0.3 is 5.97 Å². The van der Waals surface area contributed by atoms with E-state index in [0.717, 1.165) is 51.5 Å². The van der Waals surface area contributed by atoms with E-state index in [1.54, 1.807) is 12.1 Å². The molecule has 1 saturated carbocycles. The highest BCUT2D eigenvalue weighted by atomic mass is 19.1. The number of carboxylic acid groups (broad SMARTS) is 1. The van der Waals surface area contributed by atoms with Crippen molar-refractivity contribution in [2.75, 3.05) is 0 Å². The molecule has 3 aromatic carbocycles. The van der Waals surface area contributed by atoms with Gasteiger partial charge < -0.3 is 15.0 Å². The lowest BCUT2D eigenvalue weighted by Crippen LogP contribution is -2.40. The molecule has 0 unspecified atom stereocenters. The Kier molecular flexibility index (Phi) is 7.26. The lowest BCUT2D eigenvalue weighted by molar-refractivity contribution is -0.143. The quantitative estimate of drug-likeness (QED) is 0.228. The Morgan fingerprint density at radius 1 is 0.951 bits per heavy atom. The van der Waals surface area contributed by atoms with E-state index in [4.69, 9.17) is 4.98 Å². The van der Waals surface area contributed by atoms with E-state index < -0.39 is 5.97 Å². The summed E-state index contributed by atoms with van der Waals surface area (Å²) in [5.41, 5.74) is 4.82. The Hall–Kier alpha value is -4.52. The lowest BCUT2D eigenvalue weighted by atomic mass is 9.79. The maximum atomic E-state index is 13.9. The van der Waals surface area contributed by atoms with Crippen LogP contribution in [0.1, 0.15) is 48.7 Å². The Balaban J connectivity index is 1.34. The molecular formula is C34H32FN3O3. The third-order valence-corrected chi connectivity index (χ3v) is 8.46. The summed E-state index contributed by atoms with van der Waals surface area (Å²) in [6.45, 7) is 2.50. The molecule has 5 aromatic rings. The lowest BCUT2D eigenvalue weighted by Gasteiger charge is -2.31. The van der Waals surface area contributed by atoms with Crippen LogP contribution in [0.2, 0.25) is 0 Å². The van der Waals surface area contributed by atoms with Crippen LogP contribution in [0.15, 0.2) is 85.1 Å². The van der Waals surface area contributed by atoms with Crippen molar-refractivity contribution < 1.29 is 19.1 Å². The molecule has 1 atom stereocenters. The number of aliphatic carboxylic acids is 1. The molecule has 41 heavy (non-hydrogen) atoms. The molecule has 0 radical (unpaired) electrons. The van der Waals surface area contributed by atoms with Gasteiger partial charge in [0, 0.05) is 23.0 Å². The van der Waals surface area contributed by atoms with Crippen LogP contribution in [0.5, 0.6) is 0 Å². The second-order valence-corrected chi connectivity index (χ2v) is 11.1. The highest BCUT2D eigenvalue weighted by Gasteiger charge is 2.30. The standard InChI is InChI=1S/C34H32FN3O3/c1-21(22-6-8-25(9-7-22)34(40)41)36-33(39)30-19-27(23-10-13-28(35)14-11-23)18-26-16-17-38(32(26)30)20-29-15-12-24-4-2-3-5-31(24)37-29/h2-5,10-19,21-22,25H,6-9,20H2,1H3,(H,36,39)(H,40,41)/t21-,22?,25?/m0/s1. The number of hydrogen-bond donors (Lipinski definition) is 2. The van der Waals surface area contributed by atoms with E-state index >= 15 is 0 Å². The van der Waals surface area contributed by atoms with Crippen molar-refractivity contribution in [1.82, 2.24) is 14.9 Å². The number of nitrogens with one attached hydrogen (secondary N) is 1. The topological polar surface area (TPSA) is 84.2 Å². The molecule has 0 aliphatic heterocycles. The summed E-state index contributed by atoms with van der Waals surface area (Å²) in [7, 11) is 0. The molecule has 1 fully saturated rings. The number of aromatic nitrogens is 2. The van der Waals surface area contributed by atoms with Gasteiger partial charge in [-0.15, -0.1) is 0 Å². The van der Waals surface area contributed by atoms with Crippen LogP contribution in [0.25, 0.3) is 32.9 Å². The van der Waals surface area contributed by atoms with E-state index in [9.17, 15) is 19.1 Å². The summed E-state index contributed by atoms with van der Waals surface area (Å²) < 4.78 is 15.7. The number of amides is 1. The SMILES string of the molecule is C[C@H](NC(=O)c1cc(-c2ccc(F)cc2)cc2ccn(Cc3ccc4ccccc4n3)c12)C1CCC(C(=O)O)CC1. The normalized spacial score (nSPS) is 17.9. The maximum absolute atomic E-state index is 13.9. The van der Waals surface area contributed by atoms with Crippen LogP contribution in [-0.4, -0.2) is 32.6 Å². The molecule has 7 heteroatoms. The van der Waals surface area contributed by atoms with Gasteiger partial charge in [0.25, 0.3) is 5.91 Å². The summed E-state index contributed by atoms with van der Waals surface area (Å²) >= 11 is 0. The molecule has 0 saturated heterocycles. The van der Waals surface area contributed by atoms with Gasteiger partial charge in [0.1, 0.15) is 5.82 Å². The minimum Gasteiger partial charge on any atom is -0.481 e. The van der Waals surface area contributed by atoms with Gasteiger partial charge in [0.05, 0.1) is 34.8 Å². The van der Waals surface area contributed by atoms with Gasteiger partial charge in [-0.1, -0.05) is 36.4 Å². The first kappa shape index (κ1) is 26.7. The highest BCUT2D eigenvalue weighted by Crippen LogP contribution is 2.33. The number of carbonyl (C=O) groups excluding carboxylic acids is 1. The smallest absolute Gasteiger partial charge is 0.306 e. The number of para-hydroxylation sites is 1. The van der Waals surface area contributed by atoms with E-state index in [2.05, 4.69) is 16.0 Å². The zero-order valence-corrected chi connectivity index (χ0v) is 22.9. The fourth-order valence-corrected chi connectivity index (χ4v) is 6.10. The Morgan fingerprint density at radius 3 is 2.46 bits per heavy atom. The number of benzene rings is 3. The number of carbonyl (C=O) groups is 2. The predicted molar refractivity (Wildman–Crippen MR) is 158 cm³/mol. The van der Waals surface area contributed by atoms with Gasteiger partial charge in [-0.05, 0) is 92.1 Å². The van der Waals surface area contributed by atoms with Crippen molar-refractivity contribution in [3.8, 4) is 11.1 Å². The third-order valence-electron chi connectivity index (χ3n) is 8.46. The summed E-state index contributed by atoms with van der Waals surface area (Å²) in [6.07, 6.45) is 4.78. The van der Waals surface area contributed by atoms with Crippen molar-refractivity contribution >= 4 is 33.7 Å². The Labute approximate surface area is 237 Å². The van der Waals surface area contributed by atoms with Gasteiger partial charge in [-0.2, -0.15) is 0 Å². The van der Waals surface area contributed by atoms with Gasteiger partial charge in [-0.3, -0.25) is 14.6 Å². The number of hydrogen-bond acceptors (Lipinski definition) is 3. The number of fused-ring (bicyclic) bond motifs is 2. The van der Waals surface area contributed by atoms with Crippen LogP contribution < -0.4 is 5.32 Å². The van der Waals surface area contributed by atoms with E-state index in [-0.39, 0.29) is 29.6 Å². The molecule has 1 amide bonds. The minimum absolute atomic E-state index is 0.104. The predicted octanol–water partition coefficient (Wildman–Crippen LogP) is 7.05. The van der Waals surface area contributed by atoms with Crippen LogP contribution in [0, 0.1) is 17.7 Å². The largest absolute Gasteiger partial charge is 0.481 e. The molecule has 2 heterocycles. The average Bonchev–Trinajstić information content (AvgIpc) is 3.39. The number of nitrogens with zero attached hydrogens (tertiary/aromatic N) is 2.